The van der Waals surface area contributed by atoms with E-state index in [4.69, 9.17) is 4.74 Å². The molecule has 3 aliphatic rings. The molecule has 2 N–H and O–H groups in total. The Balaban J connectivity index is 0.00000320. The van der Waals surface area contributed by atoms with Crippen LogP contribution in [0.1, 0.15) is 34.3 Å². The average molecular weight is 566 g/mol. The second kappa shape index (κ2) is 11.6. The number of rotatable bonds is 8. The molecule has 0 saturated carbocycles. The molecule has 3 aliphatic heterocycles. The molecule has 194 valence electrons. The first-order valence-corrected chi connectivity index (χ1v) is 12.7. The van der Waals surface area contributed by atoms with Crippen LogP contribution in [0, 0.1) is 5.92 Å². The number of piperidine rings is 3. The molecule has 6 nitrogen and oxygen atoms in total. The molecule has 3 fully saturated rings. The van der Waals surface area contributed by atoms with Crippen molar-refractivity contribution in [1.29, 1.82) is 0 Å². The lowest BCUT2D eigenvalue weighted by molar-refractivity contribution is -0.945. The number of amides is 1. The third-order valence-electron chi connectivity index (χ3n) is 7.89. The number of nitrogens with zero attached hydrogens (tertiary/aromatic N) is 1. The summed E-state index contributed by atoms with van der Waals surface area (Å²) in [4.78, 5) is 26.1. The monoisotopic (exact) mass is 564 g/mol. The second-order valence-corrected chi connectivity index (χ2v) is 10.0. The predicted molar refractivity (Wildman–Crippen MR) is 137 cm³/mol. The molecule has 37 heavy (non-hydrogen) atoms. The number of hydrogen-bond donors (Lipinski definition) is 2. The quantitative estimate of drug-likeness (QED) is 0.309. The fourth-order valence-corrected chi connectivity index (χ4v) is 5.75. The van der Waals surface area contributed by atoms with Gasteiger partial charge >= 0.3 is 5.97 Å². The van der Waals surface area contributed by atoms with Gasteiger partial charge in [0.1, 0.15) is 6.54 Å². The second-order valence-electron chi connectivity index (χ2n) is 10.0. The Morgan fingerprint density at radius 3 is 1.92 bits per heavy atom. The largest absolute Gasteiger partial charge is 1.00 e. The first-order valence-electron chi connectivity index (χ1n) is 12.7. The number of aliphatic hydroxyl groups is 1. The van der Waals surface area contributed by atoms with E-state index in [2.05, 4.69) is 5.32 Å². The number of ether oxygens (including phenoxy) is 1. The summed E-state index contributed by atoms with van der Waals surface area (Å²) < 4.78 is 6.95. The van der Waals surface area contributed by atoms with Gasteiger partial charge in [-0.25, -0.2) is 4.79 Å². The van der Waals surface area contributed by atoms with Crippen molar-refractivity contribution in [2.24, 2.45) is 5.92 Å². The highest BCUT2D eigenvalue weighted by atomic mass is 79.9. The molecular weight excluding hydrogens is 532 g/mol. The number of halogens is 1. The van der Waals surface area contributed by atoms with Crippen LogP contribution in [0.3, 0.4) is 0 Å². The zero-order valence-electron chi connectivity index (χ0n) is 20.8. The third-order valence-corrected chi connectivity index (χ3v) is 7.89. The molecule has 3 saturated heterocycles. The van der Waals surface area contributed by atoms with E-state index in [-0.39, 0.29) is 29.0 Å². The number of carbonyl (C=O) groups is 2. The van der Waals surface area contributed by atoms with Crippen molar-refractivity contribution in [2.75, 3.05) is 32.7 Å². The molecule has 3 heterocycles. The molecule has 6 rings (SSSR count). The van der Waals surface area contributed by atoms with Crippen LogP contribution in [0.4, 0.5) is 0 Å². The maximum Gasteiger partial charge on any atom is 0.348 e. The summed E-state index contributed by atoms with van der Waals surface area (Å²) in [5, 5.41) is 14.8. The Morgan fingerprint density at radius 1 is 0.865 bits per heavy atom. The minimum Gasteiger partial charge on any atom is -1.00 e. The Kier molecular flexibility index (Phi) is 8.47. The maximum absolute atomic E-state index is 13.6. The smallest absolute Gasteiger partial charge is 0.348 e. The Morgan fingerprint density at radius 2 is 1.38 bits per heavy atom. The van der Waals surface area contributed by atoms with Gasteiger partial charge in [-0.1, -0.05) is 78.9 Å². The van der Waals surface area contributed by atoms with Crippen molar-refractivity contribution in [1.82, 2.24) is 5.32 Å². The Hall–Kier alpha value is -3.00. The van der Waals surface area contributed by atoms with Gasteiger partial charge in [0, 0.05) is 24.3 Å². The topological polar surface area (TPSA) is 75.6 Å². The van der Waals surface area contributed by atoms with E-state index in [1.807, 2.05) is 66.7 Å². The van der Waals surface area contributed by atoms with Gasteiger partial charge in [0.2, 0.25) is 5.60 Å². The van der Waals surface area contributed by atoms with Crippen LogP contribution < -0.4 is 22.3 Å². The summed E-state index contributed by atoms with van der Waals surface area (Å²) >= 11 is 0. The lowest BCUT2D eigenvalue weighted by Crippen LogP contribution is -3.00. The van der Waals surface area contributed by atoms with Crippen LogP contribution in [0.25, 0.3) is 0 Å². The van der Waals surface area contributed by atoms with E-state index < -0.39 is 11.6 Å². The molecule has 1 atom stereocenters. The van der Waals surface area contributed by atoms with Gasteiger partial charge < -0.3 is 36.6 Å². The lowest BCUT2D eigenvalue weighted by atomic mass is 9.82. The van der Waals surface area contributed by atoms with Gasteiger partial charge in [-0.05, 0) is 23.3 Å². The van der Waals surface area contributed by atoms with E-state index in [0.717, 1.165) is 37.0 Å². The zero-order valence-corrected chi connectivity index (χ0v) is 22.3. The number of nitrogens with one attached hydrogen (secondary N) is 1. The first kappa shape index (κ1) is 27.0. The van der Waals surface area contributed by atoms with Gasteiger partial charge in [-0.15, -0.1) is 0 Å². The van der Waals surface area contributed by atoms with E-state index in [9.17, 15) is 14.7 Å². The van der Waals surface area contributed by atoms with E-state index >= 15 is 0 Å². The molecule has 3 aromatic carbocycles. The number of esters is 1. The van der Waals surface area contributed by atoms with Crippen molar-refractivity contribution >= 4 is 11.9 Å². The van der Waals surface area contributed by atoms with E-state index in [1.54, 1.807) is 24.3 Å². The van der Waals surface area contributed by atoms with Gasteiger partial charge in [0.25, 0.3) is 5.91 Å². The van der Waals surface area contributed by atoms with Crippen molar-refractivity contribution in [3.05, 3.63) is 108 Å². The SMILES string of the molecule is O=C(NCC[N+]12CCC(CC1)[C@@H](OC(=O)C(O)(c1ccccc1)c1ccccc1)C2)c1ccccc1.[Br-]. The fraction of sp³-hybridized carbons (Fsp3) is 0.333. The molecule has 3 aromatic rings. The Bertz CT molecular complexity index is 1140. The van der Waals surface area contributed by atoms with Gasteiger partial charge in [0.15, 0.2) is 6.10 Å². The van der Waals surface area contributed by atoms with Crippen LogP contribution in [0.5, 0.6) is 0 Å². The number of hydrogen-bond acceptors (Lipinski definition) is 4. The van der Waals surface area contributed by atoms with Crippen molar-refractivity contribution in [3.8, 4) is 0 Å². The molecule has 1 amide bonds. The average Bonchev–Trinajstić information content (AvgIpc) is 2.94. The zero-order chi connectivity index (χ0) is 25.0. The normalized spacial score (nSPS) is 22.5. The molecular formula is C30H33BrN2O4. The van der Waals surface area contributed by atoms with Crippen LogP contribution in [0.2, 0.25) is 0 Å². The maximum atomic E-state index is 13.6. The summed E-state index contributed by atoms with van der Waals surface area (Å²) in [6.45, 7) is 4.10. The highest BCUT2D eigenvalue weighted by molar-refractivity contribution is 5.94. The number of fused-ring (bicyclic) bond motifs is 3. The van der Waals surface area contributed by atoms with E-state index in [1.165, 1.54) is 0 Å². The molecule has 0 aliphatic carbocycles. The van der Waals surface area contributed by atoms with Gasteiger partial charge in [0.05, 0.1) is 26.2 Å². The molecule has 7 heteroatoms. The molecule has 0 unspecified atom stereocenters. The fourth-order valence-electron chi connectivity index (χ4n) is 5.75. The highest BCUT2D eigenvalue weighted by Crippen LogP contribution is 2.38. The number of carbonyl (C=O) groups excluding carboxylic acids is 2. The molecule has 0 radical (unpaired) electrons. The molecule has 0 aromatic heterocycles. The van der Waals surface area contributed by atoms with Gasteiger partial charge in [-0.3, -0.25) is 4.79 Å². The first-order chi connectivity index (χ1) is 17.5. The highest BCUT2D eigenvalue weighted by Gasteiger charge is 2.50. The van der Waals surface area contributed by atoms with E-state index in [0.29, 0.717) is 35.7 Å². The Labute approximate surface area is 228 Å². The standard InChI is InChI=1S/C30H32N2O4.BrH/c33-28(24-10-4-1-5-11-24)31-18-21-32-19-16-23(17-20-32)27(22-32)36-29(34)30(35,25-12-6-2-7-13-25)26-14-8-3-9-15-26;/h1-15,23,27,35H,16-22H2;1H/t23?,27-,32?;/m0./s1. The summed E-state index contributed by atoms with van der Waals surface area (Å²) in [5.41, 5.74) is -0.226. The van der Waals surface area contributed by atoms with Crippen molar-refractivity contribution in [2.45, 2.75) is 24.5 Å². The van der Waals surface area contributed by atoms with Crippen LogP contribution in [-0.4, -0.2) is 60.3 Å². The summed E-state index contributed by atoms with van der Waals surface area (Å²) in [6, 6.07) is 27.2. The number of benzene rings is 3. The summed E-state index contributed by atoms with van der Waals surface area (Å²) in [6.07, 6.45) is 1.68. The minimum atomic E-state index is -1.87. The number of quaternary nitrogens is 1. The lowest BCUT2D eigenvalue weighted by Gasteiger charge is -2.52. The van der Waals surface area contributed by atoms with Crippen LogP contribution in [0.15, 0.2) is 91.0 Å². The minimum absolute atomic E-state index is 0. The third kappa shape index (κ3) is 5.64. The molecule has 2 bridgehead atoms. The van der Waals surface area contributed by atoms with Crippen LogP contribution in [-0.2, 0) is 15.1 Å². The van der Waals surface area contributed by atoms with Crippen molar-refractivity contribution in [3.63, 3.8) is 0 Å². The van der Waals surface area contributed by atoms with Crippen LogP contribution >= 0.6 is 0 Å². The summed E-state index contributed by atoms with van der Waals surface area (Å²) in [5.74, 6) is -0.405. The molecule has 0 spiro atoms. The summed E-state index contributed by atoms with van der Waals surface area (Å²) in [7, 11) is 0. The predicted octanol–water partition coefficient (Wildman–Crippen LogP) is 0.509. The van der Waals surface area contributed by atoms with Crippen molar-refractivity contribution < 1.29 is 40.9 Å². The van der Waals surface area contributed by atoms with Gasteiger partial charge in [-0.2, -0.15) is 0 Å².